The average molecular weight is 345 g/mol. The molecule has 0 unspecified atom stereocenters. The topological polar surface area (TPSA) is 75.6 Å². The molecule has 5 nitrogen and oxygen atoms in total. The molecule has 0 radical (unpaired) electrons. The zero-order valence-corrected chi connectivity index (χ0v) is 14.2. The summed E-state index contributed by atoms with van der Waals surface area (Å²) in [6.07, 6.45) is 2.87. The predicted octanol–water partition coefficient (Wildman–Crippen LogP) is 3.51. The van der Waals surface area contributed by atoms with E-state index in [9.17, 15) is 14.7 Å². The summed E-state index contributed by atoms with van der Waals surface area (Å²) in [6.45, 7) is 2.51. The summed E-state index contributed by atoms with van der Waals surface area (Å²) in [5.41, 5.74) is 2.02. The maximum Gasteiger partial charge on any atom is 0.339 e. The van der Waals surface area contributed by atoms with Crippen molar-refractivity contribution in [3.63, 3.8) is 0 Å². The highest BCUT2D eigenvalue weighted by Crippen LogP contribution is 2.39. The maximum absolute atomic E-state index is 12.3. The number of hydrogen-bond donors (Lipinski definition) is 2. The third kappa shape index (κ3) is 3.43. The van der Waals surface area contributed by atoms with E-state index < -0.39 is 5.97 Å². The molecule has 6 heteroatoms. The van der Waals surface area contributed by atoms with Crippen molar-refractivity contribution < 1.29 is 19.4 Å². The van der Waals surface area contributed by atoms with Gasteiger partial charge >= 0.3 is 5.97 Å². The summed E-state index contributed by atoms with van der Waals surface area (Å²) in [5, 5.41) is 12.7. The molecule has 0 bridgehead atoms. The van der Waals surface area contributed by atoms with Crippen molar-refractivity contribution >= 4 is 28.2 Å². The van der Waals surface area contributed by atoms with Gasteiger partial charge in [0.2, 0.25) is 5.91 Å². The predicted molar refractivity (Wildman–Crippen MR) is 93.2 cm³/mol. The van der Waals surface area contributed by atoms with Gasteiger partial charge in [-0.1, -0.05) is 12.1 Å². The Bertz CT molecular complexity index is 764. The Kier molecular flexibility index (Phi) is 4.85. The second-order valence-electron chi connectivity index (χ2n) is 5.67. The van der Waals surface area contributed by atoms with E-state index >= 15 is 0 Å². The van der Waals surface area contributed by atoms with Crippen LogP contribution in [0, 0.1) is 0 Å². The van der Waals surface area contributed by atoms with Gasteiger partial charge in [-0.25, -0.2) is 4.79 Å². The molecule has 3 rings (SSSR count). The number of carbonyl (C=O) groups excluding carboxylic acids is 1. The number of aromatic carboxylic acids is 1. The van der Waals surface area contributed by atoms with E-state index in [2.05, 4.69) is 5.32 Å². The van der Waals surface area contributed by atoms with Crippen molar-refractivity contribution in [1.82, 2.24) is 0 Å². The van der Waals surface area contributed by atoms with Crippen molar-refractivity contribution in [2.45, 2.75) is 32.6 Å². The van der Waals surface area contributed by atoms with Crippen LogP contribution in [0.2, 0.25) is 0 Å². The normalized spacial score (nSPS) is 12.7. The van der Waals surface area contributed by atoms with Gasteiger partial charge < -0.3 is 15.2 Å². The molecule has 0 fully saturated rings. The van der Waals surface area contributed by atoms with Crippen LogP contribution in [-0.4, -0.2) is 23.6 Å². The number of rotatable bonds is 6. The molecule has 0 atom stereocenters. The SMILES string of the molecule is CCOc1ccc(CC(=O)Nc2sc3c(c2C(=O)O)CCC3)cc1. The number of carboxylic acid groups (broad SMARTS) is 1. The summed E-state index contributed by atoms with van der Waals surface area (Å²) in [6, 6.07) is 7.34. The number of thiophene rings is 1. The molecular weight excluding hydrogens is 326 g/mol. The highest BCUT2D eigenvalue weighted by atomic mass is 32.1. The number of benzene rings is 1. The van der Waals surface area contributed by atoms with E-state index in [1.165, 1.54) is 11.3 Å². The van der Waals surface area contributed by atoms with Crippen LogP contribution in [-0.2, 0) is 24.1 Å². The zero-order chi connectivity index (χ0) is 17.1. The van der Waals surface area contributed by atoms with Gasteiger partial charge in [-0.15, -0.1) is 11.3 Å². The fourth-order valence-corrected chi connectivity index (χ4v) is 4.24. The van der Waals surface area contributed by atoms with Gasteiger partial charge in [-0.05, 0) is 49.4 Å². The Morgan fingerprint density at radius 2 is 2.00 bits per heavy atom. The fraction of sp³-hybridized carbons (Fsp3) is 0.333. The lowest BCUT2D eigenvalue weighted by atomic mass is 10.1. The first-order chi connectivity index (χ1) is 11.6. The van der Waals surface area contributed by atoms with E-state index in [4.69, 9.17) is 4.74 Å². The summed E-state index contributed by atoms with van der Waals surface area (Å²) in [4.78, 5) is 24.9. The lowest BCUT2D eigenvalue weighted by Gasteiger charge is -2.07. The molecule has 1 aliphatic carbocycles. The second kappa shape index (κ2) is 7.05. The molecule has 0 saturated heterocycles. The van der Waals surface area contributed by atoms with Crippen LogP contribution >= 0.6 is 11.3 Å². The summed E-state index contributed by atoms with van der Waals surface area (Å²) < 4.78 is 5.37. The Labute approximate surface area is 144 Å². The third-order valence-corrected chi connectivity index (χ3v) is 5.19. The van der Waals surface area contributed by atoms with Gasteiger partial charge in [0.05, 0.1) is 18.6 Å². The number of hydrogen-bond acceptors (Lipinski definition) is 4. The van der Waals surface area contributed by atoms with E-state index in [0.717, 1.165) is 41.0 Å². The average Bonchev–Trinajstić information content (AvgIpc) is 3.09. The number of aryl methyl sites for hydroxylation is 1. The number of nitrogens with one attached hydrogen (secondary N) is 1. The summed E-state index contributed by atoms with van der Waals surface area (Å²) >= 11 is 1.39. The Morgan fingerprint density at radius 1 is 1.25 bits per heavy atom. The van der Waals surface area contributed by atoms with E-state index in [1.807, 2.05) is 31.2 Å². The molecule has 0 saturated carbocycles. The van der Waals surface area contributed by atoms with Gasteiger partial charge in [0.1, 0.15) is 10.8 Å². The van der Waals surface area contributed by atoms with Crippen LogP contribution in [0.25, 0.3) is 0 Å². The summed E-state index contributed by atoms with van der Waals surface area (Å²) in [7, 11) is 0. The van der Waals surface area contributed by atoms with Crippen molar-refractivity contribution in [1.29, 1.82) is 0 Å². The van der Waals surface area contributed by atoms with E-state index in [1.54, 1.807) is 0 Å². The van der Waals surface area contributed by atoms with Crippen molar-refractivity contribution in [2.75, 3.05) is 11.9 Å². The van der Waals surface area contributed by atoms with Crippen LogP contribution in [0.3, 0.4) is 0 Å². The number of anilines is 1. The highest BCUT2D eigenvalue weighted by Gasteiger charge is 2.27. The Morgan fingerprint density at radius 3 is 2.67 bits per heavy atom. The molecular formula is C18H19NO4S. The maximum atomic E-state index is 12.3. The molecule has 1 aromatic heterocycles. The summed E-state index contributed by atoms with van der Waals surface area (Å²) in [5.74, 6) is -0.406. The molecule has 1 amide bonds. The first-order valence-electron chi connectivity index (χ1n) is 7.98. The quantitative estimate of drug-likeness (QED) is 0.840. The lowest BCUT2D eigenvalue weighted by Crippen LogP contribution is -2.16. The molecule has 0 spiro atoms. The number of fused-ring (bicyclic) bond motifs is 1. The molecule has 24 heavy (non-hydrogen) atoms. The van der Waals surface area contributed by atoms with Gasteiger partial charge in [0.15, 0.2) is 0 Å². The Hall–Kier alpha value is -2.34. The third-order valence-electron chi connectivity index (χ3n) is 3.99. The smallest absolute Gasteiger partial charge is 0.339 e. The van der Waals surface area contributed by atoms with Crippen molar-refractivity contribution in [2.24, 2.45) is 0 Å². The van der Waals surface area contributed by atoms with Crippen LogP contribution in [0.15, 0.2) is 24.3 Å². The fourth-order valence-electron chi connectivity index (χ4n) is 2.94. The first kappa shape index (κ1) is 16.5. The monoisotopic (exact) mass is 345 g/mol. The van der Waals surface area contributed by atoms with Crippen LogP contribution in [0.5, 0.6) is 5.75 Å². The Balaban J connectivity index is 1.70. The molecule has 2 aromatic rings. The zero-order valence-electron chi connectivity index (χ0n) is 13.4. The van der Waals surface area contributed by atoms with Crippen LogP contribution in [0.4, 0.5) is 5.00 Å². The number of ether oxygens (including phenoxy) is 1. The second-order valence-corrected chi connectivity index (χ2v) is 6.77. The largest absolute Gasteiger partial charge is 0.494 e. The highest BCUT2D eigenvalue weighted by molar-refractivity contribution is 7.17. The first-order valence-corrected chi connectivity index (χ1v) is 8.79. The molecule has 0 aliphatic heterocycles. The molecule has 1 heterocycles. The van der Waals surface area contributed by atoms with Gasteiger partial charge in [-0.2, -0.15) is 0 Å². The number of carboxylic acids is 1. The van der Waals surface area contributed by atoms with Crippen LogP contribution in [0.1, 0.15) is 39.7 Å². The van der Waals surface area contributed by atoms with Crippen molar-refractivity contribution in [3.8, 4) is 5.75 Å². The lowest BCUT2D eigenvalue weighted by molar-refractivity contribution is -0.115. The number of carbonyl (C=O) groups is 2. The molecule has 126 valence electrons. The van der Waals surface area contributed by atoms with E-state index in [0.29, 0.717) is 11.6 Å². The standard InChI is InChI=1S/C18H19NO4S/c1-2-23-12-8-6-11(7-9-12)10-15(20)19-17-16(18(21)22)13-4-3-5-14(13)24-17/h6-9H,2-5,10H2,1H3,(H,19,20)(H,21,22). The molecule has 1 aromatic carbocycles. The molecule has 2 N–H and O–H groups in total. The van der Waals surface area contributed by atoms with Gasteiger partial charge in [0, 0.05) is 4.88 Å². The van der Waals surface area contributed by atoms with Crippen LogP contribution < -0.4 is 10.1 Å². The number of amides is 1. The minimum absolute atomic E-state index is 0.202. The minimum Gasteiger partial charge on any atom is -0.494 e. The van der Waals surface area contributed by atoms with Crippen molar-refractivity contribution in [3.05, 3.63) is 45.8 Å². The van der Waals surface area contributed by atoms with Gasteiger partial charge in [0.25, 0.3) is 0 Å². The van der Waals surface area contributed by atoms with E-state index in [-0.39, 0.29) is 17.9 Å². The molecule has 1 aliphatic rings. The van der Waals surface area contributed by atoms with Gasteiger partial charge in [-0.3, -0.25) is 4.79 Å². The minimum atomic E-state index is -0.967.